The lowest BCUT2D eigenvalue weighted by Crippen LogP contribution is -2.42. The first kappa shape index (κ1) is 13.7. The molecule has 2 aromatic carbocycles. The third-order valence-electron chi connectivity index (χ3n) is 4.57. The van der Waals surface area contributed by atoms with Gasteiger partial charge in [0.1, 0.15) is 0 Å². The molecule has 1 aliphatic rings. The van der Waals surface area contributed by atoms with E-state index in [9.17, 15) is 9.90 Å². The molecule has 0 spiro atoms. The van der Waals surface area contributed by atoms with E-state index in [0.717, 1.165) is 36.2 Å². The molecule has 1 saturated carbocycles. The summed E-state index contributed by atoms with van der Waals surface area (Å²) in [6.07, 6.45) is 2.49. The normalized spacial score (nSPS) is 16.0. The van der Waals surface area contributed by atoms with Crippen molar-refractivity contribution in [2.45, 2.75) is 24.7 Å². The number of hydrogen-bond donors (Lipinski definition) is 1. The summed E-state index contributed by atoms with van der Waals surface area (Å²) in [6, 6.07) is 18.0. The van der Waals surface area contributed by atoms with Gasteiger partial charge in [-0.15, -0.1) is 0 Å². The number of carbonyl (C=O) groups is 1. The van der Waals surface area contributed by atoms with Gasteiger partial charge in [-0.25, -0.2) is 0 Å². The van der Waals surface area contributed by atoms with E-state index < -0.39 is 11.4 Å². The van der Waals surface area contributed by atoms with Crippen LogP contribution in [0.5, 0.6) is 0 Å². The highest BCUT2D eigenvalue weighted by atomic mass is 16.4. The zero-order valence-corrected chi connectivity index (χ0v) is 12.1. The molecule has 21 heavy (non-hydrogen) atoms. The second-order valence-electron chi connectivity index (χ2n) is 5.68. The SMILES string of the molecule is CN(c1ccccc1)c1ccc(C2(C(=O)O)CCC2)cc1. The summed E-state index contributed by atoms with van der Waals surface area (Å²) in [7, 11) is 2.01. The quantitative estimate of drug-likeness (QED) is 0.922. The van der Waals surface area contributed by atoms with Gasteiger partial charge in [-0.05, 0) is 42.7 Å². The molecule has 0 bridgehead atoms. The van der Waals surface area contributed by atoms with Gasteiger partial charge in [-0.3, -0.25) is 4.79 Å². The first-order chi connectivity index (χ1) is 10.1. The molecule has 0 aliphatic heterocycles. The number of aliphatic carboxylic acids is 1. The highest BCUT2D eigenvalue weighted by Crippen LogP contribution is 2.44. The van der Waals surface area contributed by atoms with E-state index in [1.165, 1.54) is 0 Å². The predicted octanol–water partition coefficient (Wildman–Crippen LogP) is 3.96. The molecule has 108 valence electrons. The lowest BCUT2D eigenvalue weighted by molar-refractivity contribution is -0.147. The van der Waals surface area contributed by atoms with Gasteiger partial charge in [0.05, 0.1) is 5.41 Å². The van der Waals surface area contributed by atoms with Crippen LogP contribution in [0.1, 0.15) is 24.8 Å². The number of carboxylic acids is 1. The smallest absolute Gasteiger partial charge is 0.314 e. The monoisotopic (exact) mass is 281 g/mol. The summed E-state index contributed by atoms with van der Waals surface area (Å²) in [5.41, 5.74) is 2.45. The lowest BCUT2D eigenvalue weighted by atomic mass is 9.64. The van der Waals surface area contributed by atoms with Crippen LogP contribution in [0.25, 0.3) is 0 Å². The fourth-order valence-corrected chi connectivity index (χ4v) is 2.96. The average molecular weight is 281 g/mol. The molecule has 2 aromatic rings. The largest absolute Gasteiger partial charge is 0.481 e. The van der Waals surface area contributed by atoms with Crippen molar-refractivity contribution in [3.05, 3.63) is 60.2 Å². The summed E-state index contributed by atoms with van der Waals surface area (Å²) in [5.74, 6) is -0.696. The van der Waals surface area contributed by atoms with E-state index in [0.29, 0.717) is 0 Å². The molecular weight excluding hydrogens is 262 g/mol. The summed E-state index contributed by atoms with van der Waals surface area (Å²) < 4.78 is 0. The standard InChI is InChI=1S/C18H19NO2/c1-19(15-6-3-2-4-7-15)16-10-8-14(9-11-16)18(17(20)21)12-5-13-18/h2-4,6-11H,5,12-13H2,1H3,(H,20,21). The first-order valence-electron chi connectivity index (χ1n) is 7.26. The van der Waals surface area contributed by atoms with Gasteiger partial charge in [0.25, 0.3) is 0 Å². The topological polar surface area (TPSA) is 40.5 Å². The Kier molecular flexibility index (Phi) is 3.42. The maximum Gasteiger partial charge on any atom is 0.314 e. The first-order valence-corrected chi connectivity index (χ1v) is 7.26. The van der Waals surface area contributed by atoms with Crippen LogP contribution in [0.15, 0.2) is 54.6 Å². The molecule has 0 unspecified atom stereocenters. The molecule has 0 amide bonds. The van der Waals surface area contributed by atoms with Crippen molar-refractivity contribution in [2.75, 3.05) is 11.9 Å². The third-order valence-corrected chi connectivity index (χ3v) is 4.57. The summed E-state index contributed by atoms with van der Waals surface area (Å²) >= 11 is 0. The van der Waals surface area contributed by atoms with Gasteiger partial charge in [-0.1, -0.05) is 36.8 Å². The molecule has 1 fully saturated rings. The Balaban J connectivity index is 1.86. The maximum absolute atomic E-state index is 11.5. The lowest BCUT2D eigenvalue weighted by Gasteiger charge is -2.38. The summed E-state index contributed by atoms with van der Waals surface area (Å²) in [5, 5.41) is 9.48. The minimum atomic E-state index is -0.696. The zero-order valence-electron chi connectivity index (χ0n) is 12.1. The van der Waals surface area contributed by atoms with Crippen LogP contribution in [0, 0.1) is 0 Å². The number of para-hydroxylation sites is 1. The van der Waals surface area contributed by atoms with Gasteiger partial charge < -0.3 is 10.0 Å². The van der Waals surface area contributed by atoms with Crippen molar-refractivity contribution in [3.63, 3.8) is 0 Å². The molecule has 1 N–H and O–H groups in total. The van der Waals surface area contributed by atoms with Gasteiger partial charge in [-0.2, -0.15) is 0 Å². The molecule has 0 saturated heterocycles. The van der Waals surface area contributed by atoms with Crippen molar-refractivity contribution in [3.8, 4) is 0 Å². The highest BCUT2D eigenvalue weighted by Gasteiger charge is 2.45. The number of rotatable bonds is 4. The second kappa shape index (κ2) is 5.24. The fraction of sp³-hybridized carbons (Fsp3) is 0.278. The highest BCUT2D eigenvalue weighted by molar-refractivity contribution is 5.83. The van der Waals surface area contributed by atoms with Crippen LogP contribution in [-0.2, 0) is 10.2 Å². The number of nitrogens with zero attached hydrogens (tertiary/aromatic N) is 1. The van der Waals surface area contributed by atoms with Crippen molar-refractivity contribution in [1.29, 1.82) is 0 Å². The van der Waals surface area contributed by atoms with Gasteiger partial charge in [0, 0.05) is 18.4 Å². The second-order valence-corrected chi connectivity index (χ2v) is 5.68. The molecule has 1 aliphatic carbocycles. The Morgan fingerprint density at radius 1 is 1.00 bits per heavy atom. The van der Waals surface area contributed by atoms with Crippen LogP contribution >= 0.6 is 0 Å². The summed E-state index contributed by atoms with van der Waals surface area (Å²) in [4.78, 5) is 13.6. The fourth-order valence-electron chi connectivity index (χ4n) is 2.96. The van der Waals surface area contributed by atoms with Gasteiger partial charge in [0.15, 0.2) is 0 Å². The van der Waals surface area contributed by atoms with Gasteiger partial charge >= 0.3 is 5.97 Å². The third kappa shape index (κ3) is 2.29. The minimum absolute atomic E-state index is 0.649. The Morgan fingerprint density at radius 2 is 1.57 bits per heavy atom. The molecule has 0 radical (unpaired) electrons. The zero-order chi connectivity index (χ0) is 14.9. The Morgan fingerprint density at radius 3 is 2.05 bits per heavy atom. The molecular formula is C18H19NO2. The number of carboxylic acid groups (broad SMARTS) is 1. The van der Waals surface area contributed by atoms with Crippen molar-refractivity contribution in [2.24, 2.45) is 0 Å². The van der Waals surface area contributed by atoms with Gasteiger partial charge in [0.2, 0.25) is 0 Å². The van der Waals surface area contributed by atoms with E-state index >= 15 is 0 Å². The van der Waals surface area contributed by atoms with Crippen LogP contribution in [0.2, 0.25) is 0 Å². The molecule has 0 aromatic heterocycles. The number of anilines is 2. The van der Waals surface area contributed by atoms with Crippen LogP contribution in [-0.4, -0.2) is 18.1 Å². The molecule has 3 nitrogen and oxygen atoms in total. The van der Waals surface area contributed by atoms with Crippen LogP contribution in [0.4, 0.5) is 11.4 Å². The van der Waals surface area contributed by atoms with Crippen molar-refractivity contribution < 1.29 is 9.90 Å². The Hall–Kier alpha value is -2.29. The van der Waals surface area contributed by atoms with E-state index in [2.05, 4.69) is 17.0 Å². The molecule has 0 atom stereocenters. The number of benzene rings is 2. The van der Waals surface area contributed by atoms with E-state index in [-0.39, 0.29) is 0 Å². The summed E-state index contributed by atoms with van der Waals surface area (Å²) in [6.45, 7) is 0. The Labute approximate surface area is 124 Å². The van der Waals surface area contributed by atoms with Crippen molar-refractivity contribution in [1.82, 2.24) is 0 Å². The minimum Gasteiger partial charge on any atom is -0.481 e. The maximum atomic E-state index is 11.5. The van der Waals surface area contributed by atoms with Crippen molar-refractivity contribution >= 4 is 17.3 Å². The van der Waals surface area contributed by atoms with Crippen LogP contribution < -0.4 is 4.90 Å². The molecule has 3 heteroatoms. The van der Waals surface area contributed by atoms with E-state index in [1.54, 1.807) is 0 Å². The predicted molar refractivity (Wildman–Crippen MR) is 84.1 cm³/mol. The van der Waals surface area contributed by atoms with Crippen LogP contribution in [0.3, 0.4) is 0 Å². The average Bonchev–Trinajstić information content (AvgIpc) is 2.47. The molecule has 0 heterocycles. The van der Waals surface area contributed by atoms with E-state index in [1.807, 2.05) is 49.5 Å². The van der Waals surface area contributed by atoms with E-state index in [4.69, 9.17) is 0 Å². The number of hydrogen-bond acceptors (Lipinski definition) is 2. The Bertz CT molecular complexity index is 630. The molecule has 3 rings (SSSR count).